The Balaban J connectivity index is 0.00000172. The van der Waals surface area contributed by atoms with E-state index in [0.29, 0.717) is 0 Å². The van der Waals surface area contributed by atoms with Crippen LogP contribution in [0.15, 0.2) is 147 Å². The number of fused-ring (bicyclic) bond motifs is 1. The third-order valence-electron chi connectivity index (χ3n) is 5.62. The van der Waals surface area contributed by atoms with Gasteiger partial charge in [0.05, 0.1) is 0 Å². The summed E-state index contributed by atoms with van der Waals surface area (Å²) in [6, 6.07) is 4.47. The van der Waals surface area contributed by atoms with Gasteiger partial charge in [0.1, 0.15) is 0 Å². The van der Waals surface area contributed by atoms with Crippen molar-refractivity contribution < 1.29 is 0 Å². The Morgan fingerprint density at radius 1 is 0.895 bits per heavy atom. The number of hydrogen-bond acceptors (Lipinski definition) is 2. The van der Waals surface area contributed by atoms with E-state index in [9.17, 15) is 0 Å². The maximum atomic E-state index is 4.50. The number of benzene rings is 1. The highest BCUT2D eigenvalue weighted by Gasteiger charge is 2.28. The summed E-state index contributed by atoms with van der Waals surface area (Å²) in [5, 5.41) is 0. The normalized spacial score (nSPS) is 14.6. The van der Waals surface area contributed by atoms with Gasteiger partial charge in [-0.05, 0) is 66.2 Å². The van der Waals surface area contributed by atoms with Gasteiger partial charge in [-0.25, -0.2) is 0 Å². The van der Waals surface area contributed by atoms with E-state index in [2.05, 4.69) is 94.8 Å². The number of hydrogen-bond donors (Lipinski definition) is 0. The zero-order valence-electron chi connectivity index (χ0n) is 24.4. The minimum absolute atomic E-state index is 0.876. The molecule has 0 spiro atoms. The van der Waals surface area contributed by atoms with Gasteiger partial charge in [-0.3, -0.25) is 0 Å². The van der Waals surface area contributed by atoms with Crippen LogP contribution in [0.25, 0.3) is 5.57 Å². The average molecular weight is 541 g/mol. The second-order valence-corrected chi connectivity index (χ2v) is 10.1. The van der Waals surface area contributed by atoms with E-state index in [4.69, 9.17) is 0 Å². The van der Waals surface area contributed by atoms with Crippen LogP contribution in [0.5, 0.6) is 0 Å². The quantitative estimate of drug-likeness (QED) is 0.301. The van der Waals surface area contributed by atoms with Crippen molar-refractivity contribution in [2.75, 3.05) is 0 Å². The van der Waals surface area contributed by atoms with E-state index in [1.165, 1.54) is 26.5 Å². The molecular formula is C36H44S2. The molecule has 1 heterocycles. The summed E-state index contributed by atoms with van der Waals surface area (Å²) in [6.45, 7) is 31.3. The maximum absolute atomic E-state index is 4.50. The van der Waals surface area contributed by atoms with Gasteiger partial charge in [0.25, 0.3) is 0 Å². The van der Waals surface area contributed by atoms with Gasteiger partial charge in [0, 0.05) is 19.6 Å². The van der Waals surface area contributed by atoms with E-state index in [0.717, 1.165) is 38.5 Å². The van der Waals surface area contributed by atoms with E-state index < -0.39 is 0 Å². The molecule has 0 aromatic heterocycles. The minimum Gasteiger partial charge on any atom is -0.0991 e. The molecule has 0 fully saturated rings. The molecule has 0 atom stereocenters. The lowest BCUT2D eigenvalue weighted by Crippen LogP contribution is -2.03. The molecule has 3 rings (SSSR count). The summed E-state index contributed by atoms with van der Waals surface area (Å²) in [5.74, 6) is 0. The molecule has 0 bridgehead atoms. The summed E-state index contributed by atoms with van der Waals surface area (Å²) >= 11 is 3.58. The highest BCUT2D eigenvalue weighted by molar-refractivity contribution is 8.09. The van der Waals surface area contributed by atoms with Crippen molar-refractivity contribution in [2.45, 2.75) is 64.7 Å². The molecule has 0 saturated heterocycles. The Labute approximate surface area is 241 Å². The molecule has 38 heavy (non-hydrogen) atoms. The average Bonchev–Trinajstić information content (AvgIpc) is 3.25. The highest BCUT2D eigenvalue weighted by atomic mass is 32.2. The maximum Gasteiger partial charge on any atom is 0.0343 e. The monoisotopic (exact) mass is 540 g/mol. The summed E-state index contributed by atoms with van der Waals surface area (Å²) in [5.41, 5.74) is 7.71. The van der Waals surface area contributed by atoms with Crippen LogP contribution in [0, 0.1) is 6.92 Å². The molecule has 0 N–H and O–H groups in total. The Kier molecular flexibility index (Phi) is 15.3. The molecule has 1 aliphatic carbocycles. The third kappa shape index (κ3) is 8.55. The standard InChI is InChI=1S/C32H32S2.2C2H6/c1-8-10-16-22(3)25(6)30-31(26(7)23(4)17-11-9-2)34-32-28(21-20-24(5)29(32)33-30)27-18-14-12-13-15-19-27;2*1-2/h8-14,16-21H,1,3,6-7,15H2,2,4-5H3;2*1-2H3/b11-9-,16-10-,23-17+;;. The molecule has 2 aliphatic rings. The highest BCUT2D eigenvalue weighted by Crippen LogP contribution is 2.55. The summed E-state index contributed by atoms with van der Waals surface area (Å²) in [4.78, 5) is 4.80. The Hall–Kier alpha value is -2.94. The summed E-state index contributed by atoms with van der Waals surface area (Å²) in [6.07, 6.45) is 23.7. The van der Waals surface area contributed by atoms with Gasteiger partial charge in [-0.1, -0.05) is 157 Å². The smallest absolute Gasteiger partial charge is 0.0343 e. The molecule has 0 radical (unpaired) electrons. The van der Waals surface area contributed by atoms with Crippen molar-refractivity contribution in [3.63, 3.8) is 0 Å². The Morgan fingerprint density at radius 2 is 1.55 bits per heavy atom. The van der Waals surface area contributed by atoms with Gasteiger partial charge in [-0.2, -0.15) is 0 Å². The number of thioether (sulfide) groups is 2. The van der Waals surface area contributed by atoms with Crippen molar-refractivity contribution in [1.29, 1.82) is 0 Å². The molecular weight excluding hydrogens is 497 g/mol. The first kappa shape index (κ1) is 33.1. The van der Waals surface area contributed by atoms with Crippen molar-refractivity contribution in [3.8, 4) is 0 Å². The second kappa shape index (κ2) is 17.5. The van der Waals surface area contributed by atoms with Crippen LogP contribution in [0.3, 0.4) is 0 Å². The first-order valence-corrected chi connectivity index (χ1v) is 15.0. The van der Waals surface area contributed by atoms with E-state index in [1.807, 2.05) is 52.8 Å². The molecule has 0 amide bonds. The van der Waals surface area contributed by atoms with E-state index in [1.54, 1.807) is 29.6 Å². The van der Waals surface area contributed by atoms with Crippen LogP contribution in [-0.4, -0.2) is 0 Å². The van der Waals surface area contributed by atoms with Crippen LogP contribution in [0.2, 0.25) is 0 Å². The summed E-state index contributed by atoms with van der Waals surface area (Å²) in [7, 11) is 0. The third-order valence-corrected chi connectivity index (χ3v) is 8.54. The van der Waals surface area contributed by atoms with E-state index >= 15 is 0 Å². The lowest BCUT2D eigenvalue weighted by molar-refractivity contribution is 1.15. The first-order chi connectivity index (χ1) is 18.4. The van der Waals surface area contributed by atoms with Crippen molar-refractivity contribution in [2.24, 2.45) is 0 Å². The molecule has 200 valence electrons. The van der Waals surface area contributed by atoms with Crippen LogP contribution < -0.4 is 0 Å². The number of allylic oxidation sites excluding steroid dienone is 16. The largest absolute Gasteiger partial charge is 0.0991 e. The predicted octanol–water partition coefficient (Wildman–Crippen LogP) is 12.3. The Bertz CT molecular complexity index is 1250. The number of aryl methyl sites for hydroxylation is 1. The fourth-order valence-corrected chi connectivity index (χ4v) is 6.40. The molecule has 2 heteroatoms. The zero-order valence-corrected chi connectivity index (χ0v) is 26.0. The van der Waals surface area contributed by atoms with Crippen LogP contribution >= 0.6 is 23.5 Å². The molecule has 1 aromatic rings. The number of rotatable bonds is 8. The van der Waals surface area contributed by atoms with E-state index in [-0.39, 0.29) is 0 Å². The minimum atomic E-state index is 0.876. The van der Waals surface area contributed by atoms with Crippen LogP contribution in [-0.2, 0) is 0 Å². The summed E-state index contributed by atoms with van der Waals surface area (Å²) < 4.78 is 0. The van der Waals surface area contributed by atoms with Crippen molar-refractivity contribution in [1.82, 2.24) is 0 Å². The fraction of sp³-hybridized carbons (Fsp3) is 0.222. The molecule has 1 aliphatic heterocycles. The van der Waals surface area contributed by atoms with Gasteiger partial charge in [0.2, 0.25) is 0 Å². The molecule has 0 nitrogen and oxygen atoms in total. The van der Waals surface area contributed by atoms with Gasteiger partial charge in [-0.15, -0.1) is 0 Å². The fourth-order valence-electron chi connectivity index (χ4n) is 3.54. The lowest BCUT2D eigenvalue weighted by atomic mass is 10.0. The van der Waals surface area contributed by atoms with Crippen molar-refractivity contribution in [3.05, 3.63) is 149 Å². The van der Waals surface area contributed by atoms with Crippen molar-refractivity contribution >= 4 is 29.1 Å². The molecule has 0 saturated carbocycles. The van der Waals surface area contributed by atoms with Crippen LogP contribution in [0.1, 0.15) is 59.1 Å². The Morgan fingerprint density at radius 3 is 2.21 bits per heavy atom. The lowest BCUT2D eigenvalue weighted by Gasteiger charge is -2.28. The molecule has 1 aromatic carbocycles. The van der Waals surface area contributed by atoms with Crippen LogP contribution in [0.4, 0.5) is 0 Å². The zero-order chi connectivity index (χ0) is 28.7. The SMILES string of the molecule is C=C/C=C\C(=C)C(=C)C1=C(C(=C)/C(C)=C/C=C\C)Sc2c(C3=CCC=CC=C3)ccc(C)c2S1.CC.CC. The van der Waals surface area contributed by atoms with Gasteiger partial charge >= 0.3 is 0 Å². The predicted molar refractivity (Wildman–Crippen MR) is 179 cm³/mol. The van der Waals surface area contributed by atoms with Gasteiger partial charge < -0.3 is 0 Å². The first-order valence-electron chi connectivity index (χ1n) is 13.3. The van der Waals surface area contributed by atoms with Gasteiger partial charge in [0.15, 0.2) is 0 Å². The topological polar surface area (TPSA) is 0 Å². The second-order valence-electron chi connectivity index (χ2n) is 8.09. The molecule has 0 unspecified atom stereocenters.